The lowest BCUT2D eigenvalue weighted by Gasteiger charge is -2.07. The maximum Gasteiger partial charge on any atom is 0.220 e. The molecule has 1 heterocycles. The average Bonchev–Trinajstić information content (AvgIpc) is 2.67. The van der Waals surface area contributed by atoms with E-state index in [0.717, 1.165) is 13.0 Å². The molecule has 0 saturated carbocycles. The predicted octanol–water partition coefficient (Wildman–Crippen LogP) is 0.210. The molecule has 0 spiro atoms. The lowest BCUT2D eigenvalue weighted by Crippen LogP contribution is -2.27. The van der Waals surface area contributed by atoms with Gasteiger partial charge in [-0.2, -0.15) is 5.10 Å². The number of hydrogen-bond donors (Lipinski definition) is 2. The second kappa shape index (κ2) is 7.01. The van der Waals surface area contributed by atoms with E-state index in [1.165, 1.54) is 0 Å². The van der Waals surface area contributed by atoms with E-state index >= 15 is 0 Å². The molecule has 0 fully saturated rings. The fraction of sp³-hybridized carbons (Fsp3) is 0.727. The molecule has 0 radical (unpaired) electrons. The molecule has 1 amide bonds. The number of carbonyl (C=O) groups excluding carboxylic acids is 1. The van der Waals surface area contributed by atoms with Gasteiger partial charge in [-0.15, -0.1) is 0 Å². The van der Waals surface area contributed by atoms with E-state index in [0.29, 0.717) is 24.8 Å². The summed E-state index contributed by atoms with van der Waals surface area (Å²) in [5, 5.41) is 10.1. The van der Waals surface area contributed by atoms with E-state index in [1.807, 2.05) is 0 Å². The highest BCUT2D eigenvalue weighted by atomic mass is 16.1. The molecule has 96 valence electrons. The smallest absolute Gasteiger partial charge is 0.220 e. The van der Waals surface area contributed by atoms with Crippen molar-refractivity contribution in [3.8, 4) is 0 Å². The number of nitrogens with one attached hydrogen (secondary N) is 2. The molecule has 0 saturated heterocycles. The van der Waals surface area contributed by atoms with Gasteiger partial charge in [0.15, 0.2) is 5.82 Å². The first-order chi connectivity index (χ1) is 8.08. The Morgan fingerprint density at radius 1 is 1.53 bits per heavy atom. The Morgan fingerprint density at radius 2 is 2.29 bits per heavy atom. The molecule has 0 unspecified atom stereocenters. The Kier molecular flexibility index (Phi) is 5.62. The SMILES string of the molecule is CC(C)NCCCC(=O)NCc1ncn(C)n1. The second-order valence-corrected chi connectivity index (χ2v) is 4.32. The topological polar surface area (TPSA) is 71.8 Å². The van der Waals surface area contributed by atoms with Gasteiger partial charge in [0.2, 0.25) is 5.91 Å². The fourth-order valence-corrected chi connectivity index (χ4v) is 1.37. The molecular formula is C11H21N5O. The average molecular weight is 239 g/mol. The van der Waals surface area contributed by atoms with Crippen LogP contribution >= 0.6 is 0 Å². The lowest BCUT2D eigenvalue weighted by molar-refractivity contribution is -0.121. The highest BCUT2D eigenvalue weighted by Gasteiger charge is 2.03. The molecule has 0 aliphatic rings. The van der Waals surface area contributed by atoms with Crippen molar-refractivity contribution in [2.24, 2.45) is 7.05 Å². The summed E-state index contributed by atoms with van der Waals surface area (Å²) in [6.07, 6.45) is 3.00. The van der Waals surface area contributed by atoms with Crippen LogP contribution in [0.5, 0.6) is 0 Å². The van der Waals surface area contributed by atoms with Crippen molar-refractivity contribution in [1.29, 1.82) is 0 Å². The summed E-state index contributed by atoms with van der Waals surface area (Å²) < 4.78 is 1.62. The lowest BCUT2D eigenvalue weighted by atomic mass is 10.2. The fourth-order valence-electron chi connectivity index (χ4n) is 1.37. The van der Waals surface area contributed by atoms with Crippen LogP contribution in [0.25, 0.3) is 0 Å². The number of nitrogens with zero attached hydrogens (tertiary/aromatic N) is 3. The number of aryl methyl sites for hydroxylation is 1. The molecule has 0 bridgehead atoms. The van der Waals surface area contributed by atoms with Crippen molar-refractivity contribution in [3.63, 3.8) is 0 Å². The maximum atomic E-state index is 11.5. The van der Waals surface area contributed by atoms with E-state index in [4.69, 9.17) is 0 Å². The summed E-state index contributed by atoms with van der Waals surface area (Å²) in [5.41, 5.74) is 0. The van der Waals surface area contributed by atoms with Gasteiger partial charge < -0.3 is 10.6 Å². The first-order valence-corrected chi connectivity index (χ1v) is 5.92. The summed E-state index contributed by atoms with van der Waals surface area (Å²) in [6.45, 7) is 5.45. The van der Waals surface area contributed by atoms with E-state index in [-0.39, 0.29) is 5.91 Å². The van der Waals surface area contributed by atoms with E-state index in [1.54, 1.807) is 18.1 Å². The number of hydrogen-bond acceptors (Lipinski definition) is 4. The Morgan fingerprint density at radius 3 is 2.88 bits per heavy atom. The Labute approximate surface area is 102 Å². The van der Waals surface area contributed by atoms with Gasteiger partial charge in [-0.1, -0.05) is 13.8 Å². The molecule has 6 nitrogen and oxygen atoms in total. The van der Waals surface area contributed by atoms with Gasteiger partial charge in [-0.25, -0.2) is 4.98 Å². The Balaban J connectivity index is 2.09. The zero-order valence-corrected chi connectivity index (χ0v) is 10.7. The van der Waals surface area contributed by atoms with Crippen molar-refractivity contribution in [3.05, 3.63) is 12.2 Å². The van der Waals surface area contributed by atoms with Crippen molar-refractivity contribution < 1.29 is 4.79 Å². The largest absolute Gasteiger partial charge is 0.349 e. The van der Waals surface area contributed by atoms with Gasteiger partial charge in [0.1, 0.15) is 6.33 Å². The van der Waals surface area contributed by atoms with Crippen molar-refractivity contribution in [2.45, 2.75) is 39.3 Å². The molecule has 0 aliphatic heterocycles. The van der Waals surface area contributed by atoms with Crippen LogP contribution < -0.4 is 10.6 Å². The summed E-state index contributed by atoms with van der Waals surface area (Å²) in [4.78, 5) is 15.5. The van der Waals surface area contributed by atoms with Crippen LogP contribution in [0.2, 0.25) is 0 Å². The third-order valence-electron chi connectivity index (χ3n) is 2.22. The zero-order valence-electron chi connectivity index (χ0n) is 10.7. The predicted molar refractivity (Wildman–Crippen MR) is 65.2 cm³/mol. The standard InChI is InChI=1S/C11H21N5O/c1-9(2)12-6-4-5-11(17)13-7-10-14-8-16(3)15-10/h8-9,12H,4-7H2,1-3H3,(H,13,17). The quantitative estimate of drug-likeness (QED) is 0.667. The normalized spacial score (nSPS) is 10.8. The molecular weight excluding hydrogens is 218 g/mol. The van der Waals surface area contributed by atoms with E-state index in [2.05, 4.69) is 34.6 Å². The summed E-state index contributed by atoms with van der Waals surface area (Å²) in [5.74, 6) is 0.684. The van der Waals surface area contributed by atoms with Gasteiger partial charge in [0, 0.05) is 19.5 Å². The third-order valence-corrected chi connectivity index (χ3v) is 2.22. The van der Waals surface area contributed by atoms with Crippen LogP contribution in [0.15, 0.2) is 6.33 Å². The minimum Gasteiger partial charge on any atom is -0.349 e. The Bertz CT molecular complexity index is 347. The van der Waals surface area contributed by atoms with Crippen LogP contribution in [0.3, 0.4) is 0 Å². The van der Waals surface area contributed by atoms with Crippen LogP contribution in [0, 0.1) is 0 Å². The molecule has 1 aromatic rings. The van der Waals surface area contributed by atoms with Gasteiger partial charge in [0.05, 0.1) is 6.54 Å². The minimum atomic E-state index is 0.0445. The highest BCUT2D eigenvalue weighted by molar-refractivity contribution is 5.75. The van der Waals surface area contributed by atoms with Crippen molar-refractivity contribution >= 4 is 5.91 Å². The number of rotatable bonds is 7. The second-order valence-electron chi connectivity index (χ2n) is 4.32. The first kappa shape index (κ1) is 13.6. The van der Waals surface area contributed by atoms with Crippen LogP contribution in [0.1, 0.15) is 32.5 Å². The number of carbonyl (C=O) groups is 1. The van der Waals surface area contributed by atoms with Gasteiger partial charge in [-0.3, -0.25) is 9.48 Å². The van der Waals surface area contributed by atoms with Crippen LogP contribution in [0.4, 0.5) is 0 Å². The number of amides is 1. The molecule has 2 N–H and O–H groups in total. The molecule has 0 aliphatic carbocycles. The molecule has 17 heavy (non-hydrogen) atoms. The van der Waals surface area contributed by atoms with Crippen LogP contribution in [-0.4, -0.2) is 33.3 Å². The van der Waals surface area contributed by atoms with Crippen LogP contribution in [-0.2, 0) is 18.4 Å². The maximum absolute atomic E-state index is 11.5. The van der Waals surface area contributed by atoms with Gasteiger partial charge in [-0.05, 0) is 13.0 Å². The minimum absolute atomic E-state index is 0.0445. The highest BCUT2D eigenvalue weighted by Crippen LogP contribution is 1.91. The van der Waals surface area contributed by atoms with Gasteiger partial charge in [0.25, 0.3) is 0 Å². The number of aromatic nitrogens is 3. The van der Waals surface area contributed by atoms with Crippen molar-refractivity contribution in [1.82, 2.24) is 25.4 Å². The molecule has 0 aromatic carbocycles. The Hall–Kier alpha value is -1.43. The molecule has 1 aromatic heterocycles. The zero-order chi connectivity index (χ0) is 12.7. The van der Waals surface area contributed by atoms with Gasteiger partial charge >= 0.3 is 0 Å². The summed E-state index contributed by atoms with van der Waals surface area (Å²) >= 11 is 0. The molecule has 1 rings (SSSR count). The summed E-state index contributed by atoms with van der Waals surface area (Å²) in [7, 11) is 1.80. The molecule has 0 atom stereocenters. The van der Waals surface area contributed by atoms with E-state index < -0.39 is 0 Å². The first-order valence-electron chi connectivity index (χ1n) is 5.92. The summed E-state index contributed by atoms with van der Waals surface area (Å²) in [6, 6.07) is 0.468. The van der Waals surface area contributed by atoms with E-state index in [9.17, 15) is 4.79 Å². The monoisotopic (exact) mass is 239 g/mol. The third kappa shape index (κ3) is 6.01. The van der Waals surface area contributed by atoms with Crippen molar-refractivity contribution in [2.75, 3.05) is 6.54 Å². The molecule has 6 heteroatoms.